The number of esters is 1. The molecule has 0 aromatic heterocycles. The van der Waals surface area contributed by atoms with Crippen LogP contribution >= 0.6 is 0 Å². The number of methoxy groups -OCH3 is 3. The van der Waals surface area contributed by atoms with Gasteiger partial charge in [-0.1, -0.05) is 6.07 Å². The highest BCUT2D eigenvalue weighted by Crippen LogP contribution is 2.53. The molecule has 0 aliphatic carbocycles. The van der Waals surface area contributed by atoms with Gasteiger partial charge in [-0.2, -0.15) is 0 Å². The summed E-state index contributed by atoms with van der Waals surface area (Å²) in [7, 11) is 3.77. The third-order valence-electron chi connectivity index (χ3n) is 7.67. The number of carbonyl (C=O) groups is 5. The Balaban J connectivity index is 1.94. The van der Waals surface area contributed by atoms with Gasteiger partial charge in [0.25, 0.3) is 5.69 Å². The second-order valence-electron chi connectivity index (χ2n) is 9.87. The summed E-state index contributed by atoms with van der Waals surface area (Å²) in [5.41, 5.74) is 2.47. The average Bonchev–Trinajstić information content (AvgIpc) is 3.47. The lowest BCUT2D eigenvalue weighted by molar-refractivity contribution is -0.384. The number of carboxylic acid groups (broad SMARTS) is 1. The maximum absolute atomic E-state index is 14.1. The first-order chi connectivity index (χ1) is 20.4. The molecule has 2 aliphatic rings. The largest absolute Gasteiger partial charge is 0.497 e. The van der Waals surface area contributed by atoms with Crippen LogP contribution in [0.1, 0.15) is 34.8 Å². The van der Waals surface area contributed by atoms with Crippen LogP contribution in [0.3, 0.4) is 0 Å². The number of fused-ring (bicyclic) bond motifs is 1. The minimum absolute atomic E-state index is 0.00495. The first kappa shape index (κ1) is 30.7. The molecule has 2 aromatic rings. The van der Waals surface area contributed by atoms with Crippen molar-refractivity contribution in [1.29, 1.82) is 0 Å². The van der Waals surface area contributed by atoms with Crippen molar-refractivity contribution in [3.63, 3.8) is 0 Å². The molecule has 0 saturated carbocycles. The SMILES string of the molecule is COC(=O)c1c(OC)cc(OC)cc1C1NC(CCCNC(N)=O)(C(=O)O)C2C(=O)N(c3cccc([N+](=O)[O-])c3)C(=O)C12. The maximum Gasteiger partial charge on any atom is 0.341 e. The van der Waals surface area contributed by atoms with E-state index in [1.54, 1.807) is 0 Å². The Labute approximate surface area is 244 Å². The van der Waals surface area contributed by atoms with Crippen molar-refractivity contribution in [1.82, 2.24) is 10.6 Å². The molecule has 2 heterocycles. The number of nitrogens with zero attached hydrogens (tertiary/aromatic N) is 2. The molecule has 2 saturated heterocycles. The standard InChI is InChI=1S/C27H29N5O11/c1-41-15-11-16(18(24(35)43-3)17(12-15)42-2)21-19-20(27(30-21,25(36)37)8-5-9-29-26(28)38)23(34)31(22(19)33)13-6-4-7-14(10-13)32(39)40/h4,6-7,10-12,19-21,30H,5,8-9H2,1-3H3,(H,36,37)(H3,28,29,38). The van der Waals surface area contributed by atoms with E-state index in [1.807, 2.05) is 0 Å². The third-order valence-corrected chi connectivity index (χ3v) is 7.67. The molecular formula is C27H29N5O11. The number of hydrogen-bond donors (Lipinski definition) is 4. The second-order valence-corrected chi connectivity index (χ2v) is 9.87. The number of carboxylic acids is 1. The van der Waals surface area contributed by atoms with E-state index in [0.717, 1.165) is 18.1 Å². The van der Waals surface area contributed by atoms with E-state index in [9.17, 15) is 39.2 Å². The van der Waals surface area contributed by atoms with Crippen molar-refractivity contribution < 1.29 is 48.2 Å². The molecule has 5 N–H and O–H groups in total. The Kier molecular flexibility index (Phi) is 8.52. The highest BCUT2D eigenvalue weighted by atomic mass is 16.6. The van der Waals surface area contributed by atoms with Gasteiger partial charge in [0, 0.05) is 30.8 Å². The van der Waals surface area contributed by atoms with Gasteiger partial charge in [0.15, 0.2) is 0 Å². The lowest BCUT2D eigenvalue weighted by Crippen LogP contribution is -2.56. The summed E-state index contributed by atoms with van der Waals surface area (Å²) in [4.78, 5) is 76.8. The maximum atomic E-state index is 14.1. The predicted molar refractivity (Wildman–Crippen MR) is 147 cm³/mol. The number of urea groups is 1. The predicted octanol–water partition coefficient (Wildman–Crippen LogP) is 1.12. The van der Waals surface area contributed by atoms with Crippen molar-refractivity contribution >= 4 is 41.2 Å². The van der Waals surface area contributed by atoms with E-state index in [2.05, 4.69) is 10.6 Å². The van der Waals surface area contributed by atoms with E-state index >= 15 is 0 Å². The van der Waals surface area contributed by atoms with E-state index < -0.39 is 63.8 Å². The van der Waals surface area contributed by atoms with Crippen LogP contribution in [0.2, 0.25) is 0 Å². The molecule has 0 bridgehead atoms. The number of non-ortho nitro benzene ring substituents is 1. The van der Waals surface area contributed by atoms with E-state index in [-0.39, 0.29) is 47.7 Å². The number of carbonyl (C=O) groups excluding carboxylic acids is 4. The van der Waals surface area contributed by atoms with Crippen LogP contribution < -0.4 is 30.7 Å². The van der Waals surface area contributed by atoms with E-state index in [1.165, 1.54) is 44.6 Å². The second kappa shape index (κ2) is 11.9. The van der Waals surface area contributed by atoms with E-state index in [0.29, 0.717) is 0 Å². The number of imide groups is 1. The molecule has 4 unspecified atom stereocenters. The first-order valence-corrected chi connectivity index (χ1v) is 12.9. The minimum Gasteiger partial charge on any atom is -0.497 e. The highest BCUT2D eigenvalue weighted by molar-refractivity contribution is 6.24. The zero-order valence-electron chi connectivity index (χ0n) is 23.3. The number of rotatable bonds is 11. The molecule has 16 heteroatoms. The van der Waals surface area contributed by atoms with Crippen LogP contribution in [-0.2, 0) is 19.1 Å². The van der Waals surface area contributed by atoms with Crippen LogP contribution in [-0.4, -0.2) is 73.2 Å². The number of nitro benzene ring substituents is 1. The number of nitrogens with two attached hydrogens (primary N) is 1. The summed E-state index contributed by atoms with van der Waals surface area (Å²) in [6, 6.07) is 5.52. The monoisotopic (exact) mass is 599 g/mol. The zero-order valence-corrected chi connectivity index (χ0v) is 23.3. The summed E-state index contributed by atoms with van der Waals surface area (Å²) in [5.74, 6) is -6.81. The summed E-state index contributed by atoms with van der Waals surface area (Å²) >= 11 is 0. The van der Waals surface area contributed by atoms with Crippen LogP contribution in [0.5, 0.6) is 11.5 Å². The van der Waals surface area contributed by atoms with Crippen molar-refractivity contribution in [3.05, 3.63) is 57.6 Å². The molecule has 16 nitrogen and oxygen atoms in total. The average molecular weight is 600 g/mol. The smallest absolute Gasteiger partial charge is 0.341 e. The number of benzene rings is 2. The highest BCUT2D eigenvalue weighted by Gasteiger charge is 2.68. The van der Waals surface area contributed by atoms with Crippen molar-refractivity contribution in [2.24, 2.45) is 17.6 Å². The van der Waals surface area contributed by atoms with E-state index in [4.69, 9.17) is 19.9 Å². The van der Waals surface area contributed by atoms with Crippen LogP contribution in [0.4, 0.5) is 16.2 Å². The first-order valence-electron chi connectivity index (χ1n) is 12.9. The Morgan fingerprint density at radius 3 is 2.44 bits per heavy atom. The van der Waals surface area contributed by atoms with Crippen molar-refractivity contribution in [2.75, 3.05) is 32.8 Å². The number of nitro groups is 1. The summed E-state index contributed by atoms with van der Waals surface area (Å²) < 4.78 is 15.7. The van der Waals surface area contributed by atoms with Gasteiger partial charge in [0.05, 0.1) is 43.8 Å². The molecule has 2 aromatic carbocycles. The molecule has 43 heavy (non-hydrogen) atoms. The summed E-state index contributed by atoms with van der Waals surface area (Å²) in [5, 5.41) is 27.3. The molecule has 228 valence electrons. The topological polar surface area (TPSA) is 230 Å². The Morgan fingerprint density at radius 2 is 1.86 bits per heavy atom. The number of anilines is 1. The zero-order chi connectivity index (χ0) is 31.6. The van der Waals surface area contributed by atoms with Crippen LogP contribution in [0.15, 0.2) is 36.4 Å². The number of amides is 4. The van der Waals surface area contributed by atoms with Gasteiger partial charge in [-0.3, -0.25) is 29.8 Å². The molecule has 0 radical (unpaired) electrons. The van der Waals surface area contributed by atoms with Crippen LogP contribution in [0.25, 0.3) is 0 Å². The minimum atomic E-state index is -2.08. The van der Waals surface area contributed by atoms with Gasteiger partial charge in [-0.25, -0.2) is 14.5 Å². The normalized spacial score (nSPS) is 22.6. The lowest BCUT2D eigenvalue weighted by Gasteiger charge is -2.31. The van der Waals surface area contributed by atoms with Crippen molar-refractivity contribution in [2.45, 2.75) is 24.4 Å². The Bertz CT molecular complexity index is 1510. The fourth-order valence-corrected chi connectivity index (χ4v) is 5.84. The van der Waals surface area contributed by atoms with Gasteiger partial charge in [0.1, 0.15) is 22.6 Å². The Morgan fingerprint density at radius 1 is 1.14 bits per heavy atom. The lowest BCUT2D eigenvalue weighted by atomic mass is 9.76. The third kappa shape index (κ3) is 5.27. The molecule has 2 fully saturated rings. The number of aliphatic carboxylic acids is 1. The molecule has 2 aliphatic heterocycles. The van der Waals surface area contributed by atoms with Gasteiger partial charge >= 0.3 is 18.0 Å². The molecule has 4 rings (SSSR count). The molecule has 0 spiro atoms. The molecular weight excluding hydrogens is 570 g/mol. The van der Waals surface area contributed by atoms with Gasteiger partial charge in [-0.05, 0) is 30.5 Å². The fraction of sp³-hybridized carbons (Fsp3) is 0.370. The number of ether oxygens (including phenoxy) is 3. The number of nitrogens with one attached hydrogen (secondary N) is 2. The van der Waals surface area contributed by atoms with Gasteiger partial charge in [0.2, 0.25) is 11.8 Å². The quantitative estimate of drug-likeness (QED) is 0.0936. The summed E-state index contributed by atoms with van der Waals surface area (Å²) in [6.07, 6.45) is -0.224. The number of hydrogen-bond acceptors (Lipinski definition) is 11. The van der Waals surface area contributed by atoms with Gasteiger partial charge in [-0.15, -0.1) is 0 Å². The Hall–Kier alpha value is -5.25. The molecule has 4 amide bonds. The fourth-order valence-electron chi connectivity index (χ4n) is 5.84. The van der Waals surface area contributed by atoms with Gasteiger partial charge < -0.3 is 30.4 Å². The van der Waals surface area contributed by atoms with Crippen molar-refractivity contribution in [3.8, 4) is 11.5 Å². The molecule has 4 atom stereocenters. The number of primary amides is 1. The summed E-state index contributed by atoms with van der Waals surface area (Å²) in [6.45, 7) is -0.0365. The van der Waals surface area contributed by atoms with Crippen LogP contribution in [0, 0.1) is 22.0 Å².